The van der Waals surface area contributed by atoms with E-state index in [0.717, 1.165) is 62.2 Å². The molecule has 0 unspecified atom stereocenters. The third-order valence-corrected chi connectivity index (χ3v) is 13.1. The van der Waals surface area contributed by atoms with E-state index < -0.39 is 0 Å². The van der Waals surface area contributed by atoms with Crippen molar-refractivity contribution in [2.24, 2.45) is 0 Å². The summed E-state index contributed by atoms with van der Waals surface area (Å²) in [5, 5.41) is 1.59. The Morgan fingerprint density at radius 2 is 0.810 bits per heavy atom. The molecule has 2 aliphatic heterocycles. The molecule has 0 fully saturated rings. The van der Waals surface area contributed by atoms with E-state index in [0.29, 0.717) is 0 Å². The van der Waals surface area contributed by atoms with Crippen molar-refractivity contribution in [3.63, 3.8) is 0 Å². The van der Waals surface area contributed by atoms with E-state index in [1.54, 1.807) is 0 Å². The van der Waals surface area contributed by atoms with E-state index in [2.05, 4.69) is 171 Å². The van der Waals surface area contributed by atoms with Gasteiger partial charge in [0.2, 0.25) is 11.4 Å². The minimum atomic E-state index is -0.106. The van der Waals surface area contributed by atoms with Gasteiger partial charge in [0.15, 0.2) is 11.4 Å². The van der Waals surface area contributed by atoms with Crippen molar-refractivity contribution >= 4 is 69.5 Å². The van der Waals surface area contributed by atoms with Crippen LogP contribution in [0, 0.1) is 0 Å². The van der Waals surface area contributed by atoms with Gasteiger partial charge < -0.3 is 9.80 Å². The van der Waals surface area contributed by atoms with Crippen LogP contribution in [0.15, 0.2) is 97.1 Å². The number of rotatable bonds is 19. The van der Waals surface area contributed by atoms with Gasteiger partial charge >= 0.3 is 0 Å². The van der Waals surface area contributed by atoms with Gasteiger partial charge in [-0.05, 0) is 140 Å². The van der Waals surface area contributed by atoms with Gasteiger partial charge in [0.25, 0.3) is 0 Å². The van der Waals surface area contributed by atoms with E-state index >= 15 is 0 Å². The molecule has 4 aromatic carbocycles. The molecule has 0 spiro atoms. The predicted octanol–water partition coefficient (Wildman–Crippen LogP) is 13.9. The topological polar surface area (TPSA) is 12.5 Å². The van der Waals surface area contributed by atoms with Crippen molar-refractivity contribution in [1.82, 2.24) is 0 Å². The van der Waals surface area contributed by atoms with Crippen molar-refractivity contribution in [1.29, 1.82) is 0 Å². The summed E-state index contributed by atoms with van der Waals surface area (Å²) in [5.41, 5.74) is 12.7. The number of unbranched alkanes of at least 4 members (excludes halogenated alkanes) is 5. The first-order valence-electron chi connectivity index (χ1n) is 21.9. The standard InChI is InChI=1S/C52H66Cl2N4/c1-9-55(10-2)43-27-19-39(20-28-43)23-33-49-51(5,6)45-31-25-41(53)37-47(45)57(49)35-17-15-13-14-16-18-36-58-48-38-42(54)26-32-46(48)52(7,8)50(58)34-24-40-21-29-44(30-22-40)56(11-3)12-4/h19-34,37-38H,9-18,35-36H2,1-8H3/q+2. The molecule has 0 aromatic heterocycles. The van der Waals surface area contributed by atoms with Crippen LogP contribution in [0.5, 0.6) is 0 Å². The summed E-state index contributed by atoms with van der Waals surface area (Å²) in [4.78, 5) is 4.77. The molecule has 0 saturated heterocycles. The summed E-state index contributed by atoms with van der Waals surface area (Å²) in [5.74, 6) is 0. The Morgan fingerprint density at radius 1 is 0.466 bits per heavy atom. The zero-order chi connectivity index (χ0) is 41.5. The lowest BCUT2D eigenvalue weighted by Crippen LogP contribution is -2.28. The monoisotopic (exact) mass is 816 g/mol. The Morgan fingerprint density at radius 3 is 1.16 bits per heavy atom. The number of allylic oxidation sites excluding steroid dienone is 2. The number of hydrogen-bond acceptors (Lipinski definition) is 2. The largest absolute Gasteiger partial charge is 0.372 e. The maximum Gasteiger partial charge on any atom is 0.211 e. The minimum Gasteiger partial charge on any atom is -0.372 e. The number of hydrogen-bond donors (Lipinski definition) is 0. The molecule has 58 heavy (non-hydrogen) atoms. The molecule has 0 aliphatic carbocycles. The number of fused-ring (bicyclic) bond motifs is 2. The number of benzene rings is 4. The lowest BCUT2D eigenvalue weighted by Gasteiger charge is -2.20. The highest BCUT2D eigenvalue weighted by Gasteiger charge is 2.45. The summed E-state index contributed by atoms with van der Waals surface area (Å²) < 4.78 is 5.06. The summed E-state index contributed by atoms with van der Waals surface area (Å²) in [6, 6.07) is 30.8. The third-order valence-electron chi connectivity index (χ3n) is 12.6. The molecule has 306 valence electrons. The zero-order valence-electron chi connectivity index (χ0n) is 36.4. The Hall–Kier alpha value is -4.12. The van der Waals surface area contributed by atoms with Gasteiger partial charge in [0.1, 0.15) is 13.1 Å². The molecule has 6 rings (SSSR count). The fraction of sp³-hybridized carbons (Fsp3) is 0.423. The maximum absolute atomic E-state index is 6.60. The normalized spacial score (nSPS) is 15.6. The molecule has 2 aliphatic rings. The van der Waals surface area contributed by atoms with E-state index in [1.165, 1.54) is 82.1 Å². The Kier molecular flexibility index (Phi) is 14.5. The average molecular weight is 818 g/mol. The summed E-state index contributed by atoms with van der Waals surface area (Å²) in [6.45, 7) is 24.3. The summed E-state index contributed by atoms with van der Waals surface area (Å²) in [7, 11) is 0. The third kappa shape index (κ3) is 9.50. The first-order valence-corrected chi connectivity index (χ1v) is 22.6. The lowest BCUT2D eigenvalue weighted by atomic mass is 9.81. The molecule has 0 N–H and O–H groups in total. The van der Waals surface area contributed by atoms with E-state index in [9.17, 15) is 0 Å². The number of nitrogens with zero attached hydrogens (tertiary/aromatic N) is 4. The maximum atomic E-state index is 6.60. The van der Waals surface area contributed by atoms with Gasteiger partial charge in [-0.25, -0.2) is 0 Å². The van der Waals surface area contributed by atoms with Crippen LogP contribution in [0.4, 0.5) is 22.7 Å². The second-order valence-electron chi connectivity index (χ2n) is 17.0. The molecular formula is C52H66Cl2N4+2. The van der Waals surface area contributed by atoms with Crippen LogP contribution in [0.3, 0.4) is 0 Å². The van der Waals surface area contributed by atoms with Crippen molar-refractivity contribution in [3.05, 3.63) is 129 Å². The molecule has 0 saturated carbocycles. The molecule has 0 atom stereocenters. The highest BCUT2D eigenvalue weighted by Crippen LogP contribution is 2.43. The van der Waals surface area contributed by atoms with Gasteiger partial charge in [-0.3, -0.25) is 0 Å². The highest BCUT2D eigenvalue weighted by molar-refractivity contribution is 6.31. The second-order valence-corrected chi connectivity index (χ2v) is 17.8. The van der Waals surface area contributed by atoms with Crippen LogP contribution < -0.4 is 9.80 Å². The quantitative estimate of drug-likeness (QED) is 0.0690. The molecule has 4 aromatic rings. The average Bonchev–Trinajstić information content (AvgIpc) is 3.55. The summed E-state index contributed by atoms with van der Waals surface area (Å²) in [6.07, 6.45) is 16.4. The van der Waals surface area contributed by atoms with Gasteiger partial charge in [-0.2, -0.15) is 9.15 Å². The van der Waals surface area contributed by atoms with Gasteiger partial charge in [-0.1, -0.05) is 60.3 Å². The lowest BCUT2D eigenvalue weighted by molar-refractivity contribution is -0.438. The van der Waals surface area contributed by atoms with E-state index in [-0.39, 0.29) is 10.8 Å². The van der Waals surface area contributed by atoms with Crippen molar-refractivity contribution in [3.8, 4) is 0 Å². The van der Waals surface area contributed by atoms with Crippen LogP contribution in [0.2, 0.25) is 10.0 Å². The molecule has 0 radical (unpaired) electrons. The minimum absolute atomic E-state index is 0.106. The zero-order valence-corrected chi connectivity index (χ0v) is 37.9. The molecule has 0 amide bonds. The Balaban J connectivity index is 1.09. The molecule has 6 heteroatoms. The summed E-state index contributed by atoms with van der Waals surface area (Å²) >= 11 is 13.2. The van der Waals surface area contributed by atoms with Crippen molar-refractivity contribution in [2.45, 2.75) is 105 Å². The second kappa shape index (κ2) is 19.3. The molecule has 0 bridgehead atoms. The first kappa shape index (κ1) is 43.5. The highest BCUT2D eigenvalue weighted by atomic mass is 35.5. The predicted molar refractivity (Wildman–Crippen MR) is 254 cm³/mol. The van der Waals surface area contributed by atoms with Crippen LogP contribution in [0.25, 0.3) is 12.2 Å². The fourth-order valence-corrected chi connectivity index (χ4v) is 9.50. The Bertz CT molecular complexity index is 1990. The van der Waals surface area contributed by atoms with Crippen LogP contribution in [0.1, 0.15) is 116 Å². The van der Waals surface area contributed by atoms with Crippen LogP contribution >= 0.6 is 23.2 Å². The Labute approximate surface area is 360 Å². The smallest absolute Gasteiger partial charge is 0.211 e. The van der Waals surface area contributed by atoms with Crippen molar-refractivity contribution in [2.75, 3.05) is 49.1 Å². The number of anilines is 2. The molecular weight excluding hydrogens is 752 g/mol. The SMILES string of the molecule is CCN(CC)c1ccc(/C=C/C2=[N+](CCCCCCCC[N+]3=C(/C=C/c4ccc(N(CC)CC)cc4)C(C)(C)c4ccc(Cl)cc43)c3cc(Cl)ccc3C2(C)C)cc1. The number of halogens is 2. The van der Waals surface area contributed by atoms with Crippen LogP contribution in [-0.4, -0.2) is 59.8 Å². The van der Waals surface area contributed by atoms with E-state index in [4.69, 9.17) is 23.2 Å². The first-order chi connectivity index (χ1) is 27.9. The van der Waals surface area contributed by atoms with Gasteiger partial charge in [0.05, 0.1) is 10.8 Å². The van der Waals surface area contributed by atoms with Crippen molar-refractivity contribution < 1.29 is 9.15 Å². The van der Waals surface area contributed by atoms with E-state index in [1.807, 2.05) is 12.1 Å². The fourth-order valence-electron chi connectivity index (χ4n) is 9.17. The molecule has 4 nitrogen and oxygen atoms in total. The molecule has 2 heterocycles. The van der Waals surface area contributed by atoms with Crippen LogP contribution in [-0.2, 0) is 10.8 Å². The van der Waals surface area contributed by atoms with Gasteiger partial charge in [0, 0.05) is 95.9 Å². The van der Waals surface area contributed by atoms with Gasteiger partial charge in [-0.15, -0.1) is 0 Å².